The van der Waals surface area contributed by atoms with Crippen molar-refractivity contribution in [1.82, 2.24) is 4.98 Å². The van der Waals surface area contributed by atoms with Crippen LogP contribution >= 0.6 is 0 Å². The number of aromatic amines is 1. The number of nitrogens with one attached hydrogen (secondary N) is 1. The van der Waals surface area contributed by atoms with Crippen LogP contribution in [0.5, 0.6) is 11.5 Å². The predicted octanol–water partition coefficient (Wildman–Crippen LogP) is 2.31. The van der Waals surface area contributed by atoms with Crippen LogP contribution in [0.2, 0.25) is 0 Å². The van der Waals surface area contributed by atoms with E-state index in [4.69, 9.17) is 14.2 Å². The predicted molar refractivity (Wildman–Crippen MR) is 74.9 cm³/mol. The number of hydrogen-bond donors (Lipinski definition) is 1. The third-order valence-electron chi connectivity index (χ3n) is 3.65. The van der Waals surface area contributed by atoms with Crippen molar-refractivity contribution in [2.45, 2.75) is 6.42 Å². The number of methoxy groups -OCH3 is 3. The summed E-state index contributed by atoms with van der Waals surface area (Å²) in [5.41, 5.74) is 2.79. The summed E-state index contributed by atoms with van der Waals surface area (Å²) in [6.45, 7) is 0.585. The van der Waals surface area contributed by atoms with Crippen molar-refractivity contribution in [1.29, 1.82) is 0 Å². The molecule has 0 atom stereocenters. The number of benzene rings is 1. The summed E-state index contributed by atoms with van der Waals surface area (Å²) in [6, 6.07) is 1.81. The Hall–Kier alpha value is -2.37. The second-order valence-electron chi connectivity index (χ2n) is 4.57. The molecule has 2 aromatic rings. The lowest BCUT2D eigenvalue weighted by Crippen LogP contribution is -2.34. The molecule has 0 bridgehead atoms. The molecule has 0 fully saturated rings. The lowest BCUT2D eigenvalue weighted by Gasteiger charge is -2.27. The van der Waals surface area contributed by atoms with Crippen molar-refractivity contribution in [3.05, 3.63) is 17.8 Å². The lowest BCUT2D eigenvalue weighted by molar-refractivity contribution is 0.178. The summed E-state index contributed by atoms with van der Waals surface area (Å²) in [5, 5.41) is 0.985. The van der Waals surface area contributed by atoms with Crippen LogP contribution in [0.1, 0.15) is 5.56 Å². The highest BCUT2D eigenvalue weighted by Crippen LogP contribution is 2.44. The number of ether oxygens (including phenoxy) is 3. The van der Waals surface area contributed by atoms with Crippen LogP contribution in [-0.4, -0.2) is 39.0 Å². The fraction of sp³-hybridized carbons (Fsp3) is 0.357. The molecule has 20 heavy (non-hydrogen) atoms. The number of aromatic nitrogens is 1. The first kappa shape index (κ1) is 12.7. The van der Waals surface area contributed by atoms with Gasteiger partial charge in [0.05, 0.1) is 32.5 Å². The third kappa shape index (κ3) is 1.61. The highest BCUT2D eigenvalue weighted by molar-refractivity contribution is 6.07. The first-order valence-corrected chi connectivity index (χ1v) is 6.31. The molecule has 2 heterocycles. The Morgan fingerprint density at radius 2 is 2.10 bits per heavy atom. The van der Waals surface area contributed by atoms with Crippen LogP contribution < -0.4 is 14.4 Å². The minimum atomic E-state index is -0.370. The van der Waals surface area contributed by atoms with Crippen molar-refractivity contribution in [3.63, 3.8) is 0 Å². The normalized spacial score (nSPS) is 13.4. The average molecular weight is 276 g/mol. The van der Waals surface area contributed by atoms with Gasteiger partial charge in [0.2, 0.25) is 0 Å². The van der Waals surface area contributed by atoms with Gasteiger partial charge in [-0.1, -0.05) is 0 Å². The number of carbonyl (C=O) groups is 1. The lowest BCUT2D eigenvalue weighted by atomic mass is 10.0. The van der Waals surface area contributed by atoms with Crippen molar-refractivity contribution in [3.8, 4) is 11.5 Å². The van der Waals surface area contributed by atoms with E-state index >= 15 is 0 Å². The van der Waals surface area contributed by atoms with E-state index in [0.29, 0.717) is 18.0 Å². The van der Waals surface area contributed by atoms with Crippen LogP contribution in [0.15, 0.2) is 12.3 Å². The molecule has 3 rings (SSSR count). The zero-order valence-electron chi connectivity index (χ0n) is 11.6. The summed E-state index contributed by atoms with van der Waals surface area (Å²) >= 11 is 0. The molecule has 1 amide bonds. The van der Waals surface area contributed by atoms with Crippen LogP contribution in [-0.2, 0) is 11.2 Å². The Bertz CT molecular complexity index is 677. The van der Waals surface area contributed by atoms with E-state index in [1.165, 1.54) is 7.11 Å². The fourth-order valence-corrected chi connectivity index (χ4v) is 2.74. The molecular formula is C14H16N2O4. The molecule has 0 spiro atoms. The minimum Gasteiger partial charge on any atom is -0.493 e. The molecule has 1 aromatic carbocycles. The molecule has 0 saturated carbocycles. The smallest absolute Gasteiger partial charge is 0.414 e. The quantitative estimate of drug-likeness (QED) is 0.914. The second-order valence-corrected chi connectivity index (χ2v) is 4.57. The number of nitrogens with zero attached hydrogens (tertiary/aromatic N) is 1. The van der Waals surface area contributed by atoms with Crippen molar-refractivity contribution >= 4 is 22.7 Å². The minimum absolute atomic E-state index is 0.370. The number of carbonyl (C=O) groups excluding carboxylic acids is 1. The van der Waals surface area contributed by atoms with E-state index < -0.39 is 0 Å². The first-order chi connectivity index (χ1) is 9.71. The van der Waals surface area contributed by atoms with Gasteiger partial charge in [0.25, 0.3) is 0 Å². The summed E-state index contributed by atoms with van der Waals surface area (Å²) < 4.78 is 15.6. The van der Waals surface area contributed by atoms with Gasteiger partial charge in [0.15, 0.2) is 11.5 Å². The number of amides is 1. The van der Waals surface area contributed by atoms with Gasteiger partial charge in [-0.05, 0) is 12.0 Å². The van der Waals surface area contributed by atoms with E-state index in [9.17, 15) is 4.79 Å². The standard InChI is InChI=1S/C14H16N2O4/c1-18-10-6-9-11-8(4-5-16(9)14(17)20-3)7-15-12(11)13(10)19-2/h6-7,15H,4-5H2,1-3H3. The van der Waals surface area contributed by atoms with Gasteiger partial charge in [0.1, 0.15) is 0 Å². The summed E-state index contributed by atoms with van der Waals surface area (Å²) in [7, 11) is 4.56. The Kier molecular flexibility index (Phi) is 2.93. The Balaban J connectivity index is 2.30. The number of rotatable bonds is 2. The maximum absolute atomic E-state index is 11.9. The van der Waals surface area contributed by atoms with Crippen LogP contribution in [0, 0.1) is 0 Å². The molecule has 0 saturated heterocycles. The Labute approximate surface area is 116 Å². The largest absolute Gasteiger partial charge is 0.493 e. The fourth-order valence-electron chi connectivity index (χ4n) is 2.74. The number of anilines is 1. The number of hydrogen-bond acceptors (Lipinski definition) is 4. The third-order valence-corrected chi connectivity index (χ3v) is 3.65. The van der Waals surface area contributed by atoms with E-state index in [2.05, 4.69) is 4.98 Å². The average Bonchev–Trinajstić information content (AvgIpc) is 2.91. The molecule has 1 aliphatic rings. The maximum Gasteiger partial charge on any atom is 0.414 e. The molecule has 6 heteroatoms. The molecule has 1 N–H and O–H groups in total. The van der Waals surface area contributed by atoms with Gasteiger partial charge in [-0.15, -0.1) is 0 Å². The summed E-state index contributed by atoms with van der Waals surface area (Å²) in [6.07, 6.45) is 2.35. The second kappa shape index (κ2) is 4.63. The summed E-state index contributed by atoms with van der Waals surface area (Å²) in [4.78, 5) is 16.7. The molecular weight excluding hydrogens is 260 g/mol. The molecule has 6 nitrogen and oxygen atoms in total. The van der Waals surface area contributed by atoms with Crippen molar-refractivity contribution in [2.75, 3.05) is 32.8 Å². The molecule has 0 radical (unpaired) electrons. The topological polar surface area (TPSA) is 63.8 Å². The molecule has 1 aromatic heterocycles. The Morgan fingerprint density at radius 1 is 1.30 bits per heavy atom. The van der Waals surface area contributed by atoms with Gasteiger partial charge in [-0.2, -0.15) is 0 Å². The molecule has 0 aliphatic carbocycles. The highest BCUT2D eigenvalue weighted by atomic mass is 16.5. The first-order valence-electron chi connectivity index (χ1n) is 6.31. The zero-order chi connectivity index (χ0) is 14.3. The summed E-state index contributed by atoms with van der Waals surface area (Å²) in [5.74, 6) is 1.23. The van der Waals surface area contributed by atoms with E-state index in [1.807, 2.05) is 12.3 Å². The molecule has 0 unspecified atom stereocenters. The molecule has 1 aliphatic heterocycles. The monoisotopic (exact) mass is 276 g/mol. The van der Waals surface area contributed by atoms with Crippen LogP contribution in [0.4, 0.5) is 10.5 Å². The van der Waals surface area contributed by atoms with Gasteiger partial charge in [-0.25, -0.2) is 4.79 Å². The molecule has 106 valence electrons. The van der Waals surface area contributed by atoms with Gasteiger partial charge in [0, 0.05) is 24.2 Å². The van der Waals surface area contributed by atoms with Crippen molar-refractivity contribution < 1.29 is 19.0 Å². The van der Waals surface area contributed by atoms with Gasteiger partial charge >= 0.3 is 6.09 Å². The zero-order valence-corrected chi connectivity index (χ0v) is 11.6. The number of H-pyrrole nitrogens is 1. The van der Waals surface area contributed by atoms with E-state index in [-0.39, 0.29) is 6.09 Å². The Morgan fingerprint density at radius 3 is 2.75 bits per heavy atom. The highest BCUT2D eigenvalue weighted by Gasteiger charge is 2.28. The van der Waals surface area contributed by atoms with Crippen molar-refractivity contribution in [2.24, 2.45) is 0 Å². The van der Waals surface area contributed by atoms with Gasteiger partial charge in [-0.3, -0.25) is 4.90 Å². The maximum atomic E-state index is 11.9. The SMILES string of the molecule is COC(=O)N1CCc2c[nH]c3c(OC)c(OC)cc1c23. The van der Waals surface area contributed by atoms with Crippen LogP contribution in [0.3, 0.4) is 0 Å². The van der Waals surface area contributed by atoms with E-state index in [1.54, 1.807) is 19.1 Å². The van der Waals surface area contributed by atoms with E-state index in [0.717, 1.165) is 28.6 Å². The van der Waals surface area contributed by atoms with Crippen LogP contribution in [0.25, 0.3) is 10.9 Å². The van der Waals surface area contributed by atoms with Gasteiger partial charge < -0.3 is 19.2 Å².